The molecule has 2 heterocycles. The van der Waals surface area contributed by atoms with Gasteiger partial charge in [-0.2, -0.15) is 0 Å². The zero-order valence-corrected chi connectivity index (χ0v) is 13.0. The first-order valence-electron chi connectivity index (χ1n) is 5.71. The van der Waals surface area contributed by atoms with Crippen LogP contribution >= 0.6 is 11.6 Å². The second kappa shape index (κ2) is 5.77. The molecule has 2 aromatic rings. The summed E-state index contributed by atoms with van der Waals surface area (Å²) in [5.74, 6) is 0.111. The predicted octanol–water partition coefficient (Wildman–Crippen LogP) is 0.992. The number of hydrogen-bond acceptors (Lipinski definition) is 6. The number of nitrogens with one attached hydrogen (secondary N) is 2. The van der Waals surface area contributed by atoms with Gasteiger partial charge >= 0.3 is 6.09 Å². The summed E-state index contributed by atoms with van der Waals surface area (Å²) in [4.78, 5) is 14.8. The number of rotatable bonds is 4. The topological polar surface area (TPSA) is 139 Å². The van der Waals surface area contributed by atoms with Crippen LogP contribution in [0.3, 0.4) is 0 Å². The maximum Gasteiger partial charge on any atom is 0.410 e. The quantitative estimate of drug-likeness (QED) is 0.701. The Morgan fingerprint density at radius 2 is 2.09 bits per heavy atom. The third-order valence-electron chi connectivity index (χ3n) is 2.44. The molecule has 0 bridgehead atoms. The van der Waals surface area contributed by atoms with Crippen LogP contribution < -0.4 is 10.0 Å². The summed E-state index contributed by atoms with van der Waals surface area (Å²) in [5, 5.41) is 18.4. The van der Waals surface area contributed by atoms with Crippen molar-refractivity contribution in [3.05, 3.63) is 17.3 Å². The van der Waals surface area contributed by atoms with Crippen molar-refractivity contribution in [3.63, 3.8) is 0 Å². The van der Waals surface area contributed by atoms with E-state index >= 15 is 0 Å². The molecule has 0 radical (unpaired) electrons. The van der Waals surface area contributed by atoms with Gasteiger partial charge in [0, 0.05) is 7.05 Å². The fourth-order valence-corrected chi connectivity index (χ4v) is 2.43. The van der Waals surface area contributed by atoms with Crippen LogP contribution in [0.2, 0.25) is 5.15 Å². The van der Waals surface area contributed by atoms with Gasteiger partial charge in [-0.15, -0.1) is 5.10 Å². The fourth-order valence-electron chi connectivity index (χ4n) is 1.61. The molecule has 10 nitrogen and oxygen atoms in total. The summed E-state index contributed by atoms with van der Waals surface area (Å²) in [6.45, 7) is 0. The molecule has 0 fully saturated rings. The molecule has 1 amide bonds. The molecule has 0 aliphatic heterocycles. The zero-order valence-electron chi connectivity index (χ0n) is 11.4. The van der Waals surface area contributed by atoms with E-state index in [1.54, 1.807) is 0 Å². The molecular weight excluding hydrogens is 336 g/mol. The lowest BCUT2D eigenvalue weighted by molar-refractivity contribution is 0.209. The Labute approximate surface area is 130 Å². The maximum absolute atomic E-state index is 11.2. The number of anilines is 2. The van der Waals surface area contributed by atoms with Crippen LogP contribution in [-0.2, 0) is 17.1 Å². The van der Waals surface area contributed by atoms with Crippen molar-refractivity contribution in [3.8, 4) is 11.4 Å². The second-order valence-electron chi connectivity index (χ2n) is 4.25. The number of hydrogen-bond donors (Lipinski definition) is 3. The Hall–Kier alpha value is -2.40. The fraction of sp³-hybridized carbons (Fsp3) is 0.200. The molecule has 0 aromatic carbocycles. The Morgan fingerprint density at radius 3 is 2.64 bits per heavy atom. The van der Waals surface area contributed by atoms with Gasteiger partial charge in [0.05, 0.1) is 17.6 Å². The average molecular weight is 347 g/mol. The second-order valence-corrected chi connectivity index (χ2v) is 6.36. The molecule has 2 aromatic heterocycles. The van der Waals surface area contributed by atoms with E-state index < -0.39 is 16.1 Å². The summed E-state index contributed by atoms with van der Waals surface area (Å²) in [7, 11) is -1.99. The lowest BCUT2D eigenvalue weighted by atomic mass is 10.2. The van der Waals surface area contributed by atoms with Gasteiger partial charge in [0.15, 0.2) is 16.7 Å². The van der Waals surface area contributed by atoms with E-state index in [0.717, 1.165) is 6.26 Å². The standard InChI is InChI=1S/C10H11ClN6O4S/c1-17-9(13-10(18)19)7(14-16-17)5-3-4-6(8(11)12-5)15-22(2,20)21/h3-4,13,15H,1-2H3,(H,18,19). The number of nitrogens with zero attached hydrogens (tertiary/aromatic N) is 4. The van der Waals surface area contributed by atoms with Gasteiger partial charge in [-0.1, -0.05) is 16.8 Å². The number of carboxylic acid groups (broad SMARTS) is 1. The summed E-state index contributed by atoms with van der Waals surface area (Å²) in [6, 6.07) is 2.83. The van der Waals surface area contributed by atoms with Crippen LogP contribution in [0, 0.1) is 0 Å². The summed E-state index contributed by atoms with van der Waals surface area (Å²) >= 11 is 5.92. The highest BCUT2D eigenvalue weighted by Crippen LogP contribution is 2.28. The number of sulfonamides is 1. The summed E-state index contributed by atoms with van der Waals surface area (Å²) in [5.41, 5.74) is 0.503. The van der Waals surface area contributed by atoms with Crippen molar-refractivity contribution in [2.45, 2.75) is 0 Å². The van der Waals surface area contributed by atoms with Gasteiger partial charge in [-0.3, -0.25) is 10.0 Å². The van der Waals surface area contributed by atoms with Crippen molar-refractivity contribution >= 4 is 39.2 Å². The minimum absolute atomic E-state index is 0.101. The number of aryl methyl sites for hydroxylation is 1. The molecule has 0 aliphatic carbocycles. The van der Waals surface area contributed by atoms with E-state index in [-0.39, 0.29) is 28.0 Å². The van der Waals surface area contributed by atoms with Crippen LogP contribution in [0.15, 0.2) is 12.1 Å². The van der Waals surface area contributed by atoms with Gasteiger partial charge < -0.3 is 5.11 Å². The third kappa shape index (κ3) is 3.62. The molecule has 0 unspecified atom stereocenters. The van der Waals surface area contributed by atoms with Crippen molar-refractivity contribution in [1.29, 1.82) is 0 Å². The van der Waals surface area contributed by atoms with E-state index in [4.69, 9.17) is 16.7 Å². The van der Waals surface area contributed by atoms with Crippen LogP contribution in [0.4, 0.5) is 16.3 Å². The lowest BCUT2D eigenvalue weighted by Gasteiger charge is -2.07. The molecular formula is C10H11ClN6O4S. The summed E-state index contributed by atoms with van der Waals surface area (Å²) in [6.07, 6.45) is -0.303. The number of aromatic nitrogens is 4. The van der Waals surface area contributed by atoms with Gasteiger partial charge in [0.1, 0.15) is 0 Å². The highest BCUT2D eigenvalue weighted by Gasteiger charge is 2.18. The van der Waals surface area contributed by atoms with E-state index in [1.807, 2.05) is 0 Å². The molecule has 2 rings (SSSR count). The molecule has 118 valence electrons. The highest BCUT2D eigenvalue weighted by molar-refractivity contribution is 7.92. The first-order valence-corrected chi connectivity index (χ1v) is 7.98. The highest BCUT2D eigenvalue weighted by atomic mass is 35.5. The average Bonchev–Trinajstić information content (AvgIpc) is 2.72. The Balaban J connectivity index is 2.43. The number of halogens is 1. The molecule has 0 spiro atoms. The molecule has 0 saturated heterocycles. The van der Waals surface area contributed by atoms with E-state index in [0.29, 0.717) is 0 Å². The van der Waals surface area contributed by atoms with Crippen molar-refractivity contribution in [1.82, 2.24) is 20.0 Å². The minimum atomic E-state index is -3.49. The first-order chi connectivity index (χ1) is 10.2. The van der Waals surface area contributed by atoms with E-state index in [2.05, 4.69) is 25.3 Å². The monoisotopic (exact) mass is 346 g/mol. The van der Waals surface area contributed by atoms with Crippen LogP contribution in [0.25, 0.3) is 11.4 Å². The maximum atomic E-state index is 11.2. The van der Waals surface area contributed by atoms with Crippen molar-refractivity contribution in [2.75, 3.05) is 16.3 Å². The van der Waals surface area contributed by atoms with Crippen molar-refractivity contribution in [2.24, 2.45) is 7.05 Å². The minimum Gasteiger partial charge on any atom is -0.465 e. The number of amides is 1. The Bertz CT molecular complexity index is 834. The largest absolute Gasteiger partial charge is 0.465 e. The van der Waals surface area contributed by atoms with Gasteiger partial charge in [-0.05, 0) is 12.1 Å². The van der Waals surface area contributed by atoms with Crippen LogP contribution in [0.5, 0.6) is 0 Å². The molecule has 0 saturated carbocycles. The van der Waals surface area contributed by atoms with Crippen LogP contribution in [-0.4, -0.2) is 45.9 Å². The number of carbonyl (C=O) groups is 1. The predicted molar refractivity (Wildman–Crippen MR) is 79.4 cm³/mol. The van der Waals surface area contributed by atoms with Gasteiger partial charge in [0.25, 0.3) is 0 Å². The van der Waals surface area contributed by atoms with Gasteiger partial charge in [-0.25, -0.2) is 22.9 Å². The zero-order chi connectivity index (χ0) is 16.5. The Morgan fingerprint density at radius 1 is 1.41 bits per heavy atom. The first kappa shape index (κ1) is 16.0. The van der Waals surface area contributed by atoms with E-state index in [9.17, 15) is 13.2 Å². The van der Waals surface area contributed by atoms with Gasteiger partial charge in [0.2, 0.25) is 10.0 Å². The SMILES string of the molecule is Cn1nnc(-c2ccc(NS(C)(=O)=O)c(Cl)n2)c1NC(=O)O. The number of pyridine rings is 1. The smallest absolute Gasteiger partial charge is 0.410 e. The molecule has 0 aliphatic rings. The molecule has 3 N–H and O–H groups in total. The third-order valence-corrected chi connectivity index (χ3v) is 3.32. The molecule has 12 heteroatoms. The summed E-state index contributed by atoms with van der Waals surface area (Å²) < 4.78 is 25.8. The van der Waals surface area contributed by atoms with E-state index in [1.165, 1.54) is 23.9 Å². The van der Waals surface area contributed by atoms with Crippen molar-refractivity contribution < 1.29 is 18.3 Å². The normalized spacial score (nSPS) is 11.2. The molecule has 0 atom stereocenters. The Kier molecular flexibility index (Phi) is 4.19. The lowest BCUT2D eigenvalue weighted by Crippen LogP contribution is -2.12. The van der Waals surface area contributed by atoms with Crippen LogP contribution in [0.1, 0.15) is 0 Å². The molecule has 22 heavy (non-hydrogen) atoms.